The van der Waals surface area contributed by atoms with Crippen LogP contribution in [0.5, 0.6) is 0 Å². The lowest BCUT2D eigenvalue weighted by atomic mass is 9.97. The molecule has 1 aliphatic heterocycles. The second-order valence-corrected chi connectivity index (χ2v) is 6.18. The van der Waals surface area contributed by atoms with Crippen LogP contribution in [-0.2, 0) is 13.1 Å². The first-order valence-corrected chi connectivity index (χ1v) is 8.30. The first-order chi connectivity index (χ1) is 12.3. The number of aromatic amines is 1. The SMILES string of the molecule is Cl.Fc1ccc(-c2nn3c(c2-c2ccnc4[nH]ccc24)CNCC3)cc1. The zero-order valence-electron chi connectivity index (χ0n) is 13.9. The van der Waals surface area contributed by atoms with Crippen molar-refractivity contribution in [3.05, 3.63) is 60.3 Å². The third kappa shape index (κ3) is 2.58. The maximum atomic E-state index is 13.4. The van der Waals surface area contributed by atoms with Gasteiger partial charge in [0, 0.05) is 42.0 Å². The van der Waals surface area contributed by atoms with Crippen LogP contribution in [-0.4, -0.2) is 26.3 Å². The number of nitrogens with one attached hydrogen (secondary N) is 2. The molecular weight excluding hydrogens is 353 g/mol. The molecule has 1 aliphatic rings. The van der Waals surface area contributed by atoms with Crippen molar-refractivity contribution in [1.82, 2.24) is 25.1 Å². The molecule has 0 radical (unpaired) electrons. The van der Waals surface area contributed by atoms with Gasteiger partial charge in [0.15, 0.2) is 0 Å². The van der Waals surface area contributed by atoms with Crippen molar-refractivity contribution in [2.75, 3.05) is 6.54 Å². The molecule has 0 saturated carbocycles. The number of rotatable bonds is 2. The van der Waals surface area contributed by atoms with Gasteiger partial charge in [-0.05, 0) is 42.0 Å². The Morgan fingerprint density at radius 2 is 1.92 bits per heavy atom. The molecule has 5 nitrogen and oxygen atoms in total. The van der Waals surface area contributed by atoms with Crippen molar-refractivity contribution in [1.29, 1.82) is 0 Å². The van der Waals surface area contributed by atoms with E-state index >= 15 is 0 Å². The molecule has 4 aromatic rings. The standard InChI is InChI=1S/C19H16FN5.ClH/c20-13-3-1-12(2-4-13)18-17(16-11-21-9-10-25(16)24-18)14-5-7-22-19-15(14)6-8-23-19;/h1-8,21H,9-11H2,(H,22,23);1H. The van der Waals surface area contributed by atoms with E-state index < -0.39 is 0 Å². The summed E-state index contributed by atoms with van der Waals surface area (Å²) in [6, 6.07) is 10.6. The lowest BCUT2D eigenvalue weighted by molar-refractivity contribution is 0.477. The van der Waals surface area contributed by atoms with Crippen molar-refractivity contribution in [2.24, 2.45) is 0 Å². The van der Waals surface area contributed by atoms with E-state index in [4.69, 9.17) is 5.10 Å². The Bertz CT molecular complexity index is 1070. The van der Waals surface area contributed by atoms with Crippen molar-refractivity contribution in [2.45, 2.75) is 13.1 Å². The number of nitrogens with zero attached hydrogens (tertiary/aromatic N) is 3. The summed E-state index contributed by atoms with van der Waals surface area (Å²) in [4.78, 5) is 7.55. The Hall–Kier alpha value is -2.70. The Kier molecular flexibility index (Phi) is 4.22. The zero-order chi connectivity index (χ0) is 16.8. The molecule has 0 bridgehead atoms. The Morgan fingerprint density at radius 1 is 1.08 bits per heavy atom. The van der Waals surface area contributed by atoms with Crippen molar-refractivity contribution in [3.63, 3.8) is 0 Å². The van der Waals surface area contributed by atoms with Gasteiger partial charge in [0.2, 0.25) is 0 Å². The largest absolute Gasteiger partial charge is 0.346 e. The van der Waals surface area contributed by atoms with Crippen LogP contribution in [0.15, 0.2) is 48.8 Å². The number of benzene rings is 1. The van der Waals surface area contributed by atoms with Crippen LogP contribution in [0.25, 0.3) is 33.4 Å². The van der Waals surface area contributed by atoms with Crippen molar-refractivity contribution >= 4 is 23.4 Å². The Balaban J connectivity index is 0.00000168. The van der Waals surface area contributed by atoms with Crippen molar-refractivity contribution in [3.8, 4) is 22.4 Å². The van der Waals surface area contributed by atoms with Gasteiger partial charge in [0.05, 0.1) is 12.2 Å². The minimum Gasteiger partial charge on any atom is -0.346 e. The monoisotopic (exact) mass is 369 g/mol. The van der Waals surface area contributed by atoms with Gasteiger partial charge in [0.25, 0.3) is 0 Å². The van der Waals surface area contributed by atoms with Gasteiger partial charge in [-0.25, -0.2) is 9.37 Å². The summed E-state index contributed by atoms with van der Waals surface area (Å²) in [6.07, 6.45) is 3.70. The van der Waals surface area contributed by atoms with E-state index in [0.717, 1.165) is 58.7 Å². The average Bonchev–Trinajstić information content (AvgIpc) is 3.26. The molecule has 0 aliphatic carbocycles. The second kappa shape index (κ2) is 6.55. The number of H-pyrrole nitrogens is 1. The number of hydrogen-bond donors (Lipinski definition) is 2. The van der Waals surface area contributed by atoms with Crippen LogP contribution in [0, 0.1) is 5.82 Å². The fourth-order valence-corrected chi connectivity index (χ4v) is 3.52. The Morgan fingerprint density at radius 3 is 2.77 bits per heavy atom. The first kappa shape index (κ1) is 16.8. The highest BCUT2D eigenvalue weighted by Gasteiger charge is 2.24. The summed E-state index contributed by atoms with van der Waals surface area (Å²) in [5.41, 5.74) is 5.98. The smallest absolute Gasteiger partial charge is 0.137 e. The topological polar surface area (TPSA) is 58.5 Å². The van der Waals surface area contributed by atoms with Crippen LogP contribution >= 0.6 is 12.4 Å². The number of hydrogen-bond acceptors (Lipinski definition) is 3. The van der Waals surface area contributed by atoms with E-state index in [2.05, 4.69) is 20.0 Å². The summed E-state index contributed by atoms with van der Waals surface area (Å²) in [6.45, 7) is 2.48. The fraction of sp³-hybridized carbons (Fsp3) is 0.158. The maximum absolute atomic E-state index is 13.4. The molecule has 5 rings (SSSR count). The lowest BCUT2D eigenvalue weighted by Gasteiger charge is -2.16. The molecule has 0 fully saturated rings. The number of halogens is 2. The third-order valence-corrected chi connectivity index (χ3v) is 4.70. The predicted octanol–water partition coefficient (Wildman–Crippen LogP) is 3.76. The summed E-state index contributed by atoms with van der Waals surface area (Å²) in [7, 11) is 0. The van der Waals surface area contributed by atoms with Gasteiger partial charge in [-0.3, -0.25) is 4.68 Å². The van der Waals surface area contributed by atoms with E-state index in [1.807, 2.05) is 24.5 Å². The summed E-state index contributed by atoms with van der Waals surface area (Å²) >= 11 is 0. The summed E-state index contributed by atoms with van der Waals surface area (Å²) < 4.78 is 15.4. The van der Waals surface area contributed by atoms with Gasteiger partial charge in [-0.2, -0.15) is 5.10 Å². The van der Waals surface area contributed by atoms with Crippen molar-refractivity contribution < 1.29 is 4.39 Å². The first-order valence-electron chi connectivity index (χ1n) is 8.30. The van der Waals surface area contributed by atoms with Crippen LogP contribution in [0.1, 0.15) is 5.69 Å². The maximum Gasteiger partial charge on any atom is 0.137 e. The molecular formula is C19H17ClFN5. The Labute approximate surface area is 155 Å². The van der Waals surface area contributed by atoms with Crippen LogP contribution < -0.4 is 5.32 Å². The molecule has 0 unspecified atom stereocenters. The van der Waals surface area contributed by atoms with Gasteiger partial charge < -0.3 is 10.3 Å². The lowest BCUT2D eigenvalue weighted by Crippen LogP contribution is -2.28. The molecule has 3 aromatic heterocycles. The van der Waals surface area contributed by atoms with Gasteiger partial charge in [-0.1, -0.05) is 0 Å². The molecule has 0 spiro atoms. The molecule has 7 heteroatoms. The quantitative estimate of drug-likeness (QED) is 0.565. The molecule has 0 saturated heterocycles. The average molecular weight is 370 g/mol. The van der Waals surface area contributed by atoms with Crippen LogP contribution in [0.4, 0.5) is 4.39 Å². The van der Waals surface area contributed by atoms with Crippen LogP contribution in [0.2, 0.25) is 0 Å². The second-order valence-electron chi connectivity index (χ2n) is 6.18. The van der Waals surface area contributed by atoms with Gasteiger partial charge in [0.1, 0.15) is 17.2 Å². The van der Waals surface area contributed by atoms with E-state index in [1.165, 1.54) is 12.1 Å². The predicted molar refractivity (Wildman–Crippen MR) is 102 cm³/mol. The minimum absolute atomic E-state index is 0. The van der Waals surface area contributed by atoms with E-state index in [1.54, 1.807) is 12.1 Å². The normalized spacial score (nSPS) is 13.4. The molecule has 0 amide bonds. The highest BCUT2D eigenvalue weighted by atomic mass is 35.5. The summed E-state index contributed by atoms with van der Waals surface area (Å²) in [5, 5.41) is 9.33. The highest BCUT2D eigenvalue weighted by Crippen LogP contribution is 2.38. The summed E-state index contributed by atoms with van der Waals surface area (Å²) in [5.74, 6) is -0.243. The number of fused-ring (bicyclic) bond motifs is 2. The van der Waals surface area contributed by atoms with Gasteiger partial charge >= 0.3 is 0 Å². The van der Waals surface area contributed by atoms with E-state index in [0.29, 0.717) is 0 Å². The zero-order valence-corrected chi connectivity index (χ0v) is 14.7. The van der Waals surface area contributed by atoms with E-state index in [-0.39, 0.29) is 18.2 Å². The highest BCUT2D eigenvalue weighted by molar-refractivity contribution is 5.98. The molecule has 0 atom stereocenters. The molecule has 4 heterocycles. The number of aromatic nitrogens is 4. The molecule has 132 valence electrons. The molecule has 2 N–H and O–H groups in total. The van der Waals surface area contributed by atoms with Gasteiger partial charge in [-0.15, -0.1) is 12.4 Å². The van der Waals surface area contributed by atoms with Crippen LogP contribution in [0.3, 0.4) is 0 Å². The minimum atomic E-state index is -0.243. The van der Waals surface area contributed by atoms with E-state index in [9.17, 15) is 4.39 Å². The number of pyridine rings is 1. The third-order valence-electron chi connectivity index (χ3n) is 4.70. The fourth-order valence-electron chi connectivity index (χ4n) is 3.52. The molecule has 26 heavy (non-hydrogen) atoms. The molecule has 1 aromatic carbocycles.